The molecule has 1 heterocycles. The fourth-order valence-electron chi connectivity index (χ4n) is 5.09. The van der Waals surface area contributed by atoms with Crippen molar-refractivity contribution in [2.45, 2.75) is 44.7 Å². The van der Waals surface area contributed by atoms with Gasteiger partial charge < -0.3 is 24.8 Å². The van der Waals surface area contributed by atoms with E-state index in [-0.39, 0.29) is 31.6 Å². The Morgan fingerprint density at radius 3 is 2.26 bits per heavy atom. The number of carboxylic acid groups (broad SMARTS) is 1. The van der Waals surface area contributed by atoms with Gasteiger partial charge in [0.15, 0.2) is 0 Å². The number of carboxylic acids is 1. The van der Waals surface area contributed by atoms with Gasteiger partial charge in [0.2, 0.25) is 5.91 Å². The van der Waals surface area contributed by atoms with Gasteiger partial charge in [0.25, 0.3) is 0 Å². The molecule has 2 aromatic carbocycles. The van der Waals surface area contributed by atoms with Crippen LogP contribution in [0.15, 0.2) is 48.5 Å². The molecule has 186 valence electrons. The summed E-state index contributed by atoms with van der Waals surface area (Å²) < 4.78 is 11.0. The van der Waals surface area contributed by atoms with Crippen molar-refractivity contribution in [3.63, 3.8) is 0 Å². The zero-order valence-corrected chi connectivity index (χ0v) is 20.1. The molecule has 2 N–H and O–H groups in total. The van der Waals surface area contributed by atoms with Gasteiger partial charge in [-0.3, -0.25) is 9.59 Å². The van der Waals surface area contributed by atoms with Crippen LogP contribution in [-0.2, 0) is 19.1 Å². The molecule has 2 amide bonds. The van der Waals surface area contributed by atoms with Crippen LogP contribution in [-0.4, -0.2) is 66.4 Å². The van der Waals surface area contributed by atoms with Crippen molar-refractivity contribution in [1.29, 1.82) is 0 Å². The number of alkyl carbamates (subject to hydrolysis) is 1. The molecule has 0 bridgehead atoms. The maximum absolute atomic E-state index is 13.3. The summed E-state index contributed by atoms with van der Waals surface area (Å²) in [5, 5.41) is 12.2. The van der Waals surface area contributed by atoms with Gasteiger partial charge >= 0.3 is 12.1 Å². The van der Waals surface area contributed by atoms with Crippen LogP contribution >= 0.6 is 0 Å². The summed E-state index contributed by atoms with van der Waals surface area (Å²) in [5.74, 6) is -2.16. The SMILES string of the molecule is CCCN(C(=O)C(CC)NC(=O)OCC1c2ccccc2-c2ccccc21)C1COCC1C(=O)O. The quantitative estimate of drug-likeness (QED) is 0.568. The van der Waals surface area contributed by atoms with Crippen LogP contribution in [0.3, 0.4) is 0 Å². The third kappa shape index (κ3) is 5.03. The zero-order valence-electron chi connectivity index (χ0n) is 20.1. The summed E-state index contributed by atoms with van der Waals surface area (Å²) in [5.41, 5.74) is 4.50. The Kier molecular flexibility index (Phi) is 7.70. The van der Waals surface area contributed by atoms with Crippen LogP contribution in [0.5, 0.6) is 0 Å². The van der Waals surface area contributed by atoms with Crippen LogP contribution in [0.2, 0.25) is 0 Å². The van der Waals surface area contributed by atoms with E-state index < -0.39 is 30.1 Å². The van der Waals surface area contributed by atoms with Gasteiger partial charge in [-0.15, -0.1) is 0 Å². The number of aliphatic carboxylic acids is 1. The molecule has 1 aliphatic heterocycles. The minimum atomic E-state index is -0.987. The molecule has 3 atom stereocenters. The van der Waals surface area contributed by atoms with Crippen LogP contribution in [0.4, 0.5) is 4.79 Å². The molecule has 1 saturated heterocycles. The molecule has 8 nitrogen and oxygen atoms in total. The number of benzene rings is 2. The molecule has 2 aromatic rings. The standard InChI is InChI=1S/C27H32N2O6/c1-3-13-29(24-16-34-14-22(24)26(31)32)25(30)23(4-2)28-27(33)35-15-21-19-11-7-5-9-17(19)18-10-6-8-12-20(18)21/h5-12,21-24H,3-4,13-16H2,1-2H3,(H,28,33)(H,31,32). The van der Waals surface area contributed by atoms with E-state index in [1.807, 2.05) is 43.3 Å². The van der Waals surface area contributed by atoms with E-state index in [1.54, 1.807) is 11.8 Å². The van der Waals surface area contributed by atoms with Crippen molar-refractivity contribution < 1.29 is 29.0 Å². The Morgan fingerprint density at radius 2 is 1.69 bits per heavy atom. The number of nitrogens with zero attached hydrogens (tertiary/aromatic N) is 1. The van der Waals surface area contributed by atoms with Crippen LogP contribution in [0.25, 0.3) is 11.1 Å². The average Bonchev–Trinajstić information content (AvgIpc) is 3.47. The van der Waals surface area contributed by atoms with Gasteiger partial charge in [-0.05, 0) is 35.1 Å². The summed E-state index contributed by atoms with van der Waals surface area (Å²) >= 11 is 0. The van der Waals surface area contributed by atoms with Crippen molar-refractivity contribution in [3.05, 3.63) is 59.7 Å². The molecule has 8 heteroatoms. The molecule has 0 saturated carbocycles. The lowest BCUT2D eigenvalue weighted by Gasteiger charge is -2.33. The fraction of sp³-hybridized carbons (Fsp3) is 0.444. The lowest BCUT2D eigenvalue weighted by atomic mass is 9.98. The third-order valence-electron chi connectivity index (χ3n) is 6.86. The second-order valence-corrected chi connectivity index (χ2v) is 9.01. The maximum atomic E-state index is 13.3. The van der Waals surface area contributed by atoms with Crippen LogP contribution in [0.1, 0.15) is 43.7 Å². The summed E-state index contributed by atoms with van der Waals surface area (Å²) in [6.45, 7) is 4.51. The minimum absolute atomic E-state index is 0.0735. The molecule has 0 aromatic heterocycles. The Labute approximate surface area is 205 Å². The van der Waals surface area contributed by atoms with Gasteiger partial charge in [-0.1, -0.05) is 62.4 Å². The van der Waals surface area contributed by atoms with Crippen molar-refractivity contribution in [1.82, 2.24) is 10.2 Å². The lowest BCUT2D eigenvalue weighted by molar-refractivity contribution is -0.145. The predicted octanol–water partition coefficient (Wildman–Crippen LogP) is 3.64. The summed E-state index contributed by atoms with van der Waals surface area (Å²) in [4.78, 5) is 39.3. The number of fused-ring (bicyclic) bond motifs is 3. The average molecular weight is 481 g/mol. The summed E-state index contributed by atoms with van der Waals surface area (Å²) in [6.07, 6.45) is 0.353. The second kappa shape index (κ2) is 10.9. The Balaban J connectivity index is 1.42. The van der Waals surface area contributed by atoms with Crippen LogP contribution < -0.4 is 5.32 Å². The molecule has 0 radical (unpaired) electrons. The van der Waals surface area contributed by atoms with Crippen molar-refractivity contribution in [2.24, 2.45) is 5.92 Å². The van der Waals surface area contributed by atoms with Gasteiger partial charge in [-0.25, -0.2) is 4.79 Å². The molecule has 2 aliphatic rings. The van der Waals surface area contributed by atoms with E-state index >= 15 is 0 Å². The van der Waals surface area contributed by atoms with Crippen molar-refractivity contribution in [2.75, 3.05) is 26.4 Å². The van der Waals surface area contributed by atoms with Crippen molar-refractivity contribution >= 4 is 18.0 Å². The minimum Gasteiger partial charge on any atom is -0.481 e. The highest BCUT2D eigenvalue weighted by atomic mass is 16.5. The number of hydrogen-bond acceptors (Lipinski definition) is 5. The monoisotopic (exact) mass is 480 g/mol. The smallest absolute Gasteiger partial charge is 0.407 e. The Bertz CT molecular complexity index is 1040. The van der Waals surface area contributed by atoms with Crippen LogP contribution in [0, 0.1) is 5.92 Å². The Hall–Kier alpha value is -3.39. The Morgan fingerprint density at radius 1 is 1.06 bits per heavy atom. The van der Waals surface area contributed by atoms with E-state index in [4.69, 9.17) is 9.47 Å². The molecule has 4 rings (SSSR count). The van der Waals surface area contributed by atoms with Gasteiger partial charge in [-0.2, -0.15) is 0 Å². The number of ether oxygens (including phenoxy) is 2. The first-order chi connectivity index (χ1) is 17.0. The number of carbonyl (C=O) groups is 3. The number of nitrogens with one attached hydrogen (secondary N) is 1. The first-order valence-electron chi connectivity index (χ1n) is 12.2. The molecule has 1 aliphatic carbocycles. The van der Waals surface area contributed by atoms with E-state index in [1.165, 1.54) is 0 Å². The highest BCUT2D eigenvalue weighted by Gasteiger charge is 2.41. The van der Waals surface area contributed by atoms with E-state index in [0.717, 1.165) is 22.3 Å². The molecule has 35 heavy (non-hydrogen) atoms. The number of rotatable bonds is 9. The molecule has 0 spiro atoms. The third-order valence-corrected chi connectivity index (χ3v) is 6.86. The molecular formula is C27H32N2O6. The van der Waals surface area contributed by atoms with E-state index in [9.17, 15) is 19.5 Å². The molecule has 3 unspecified atom stereocenters. The topological polar surface area (TPSA) is 105 Å². The highest BCUT2D eigenvalue weighted by Crippen LogP contribution is 2.44. The van der Waals surface area contributed by atoms with Crippen molar-refractivity contribution in [3.8, 4) is 11.1 Å². The largest absolute Gasteiger partial charge is 0.481 e. The van der Waals surface area contributed by atoms with E-state index in [0.29, 0.717) is 19.4 Å². The van der Waals surface area contributed by atoms with Gasteiger partial charge in [0.1, 0.15) is 18.6 Å². The number of carbonyl (C=O) groups excluding carboxylic acids is 2. The molecule has 1 fully saturated rings. The lowest BCUT2D eigenvalue weighted by Crippen LogP contribution is -2.54. The first kappa shape index (κ1) is 24.7. The zero-order chi connectivity index (χ0) is 24.9. The van der Waals surface area contributed by atoms with E-state index in [2.05, 4.69) is 17.4 Å². The summed E-state index contributed by atoms with van der Waals surface area (Å²) in [6, 6.07) is 14.8. The van der Waals surface area contributed by atoms with Gasteiger partial charge in [0.05, 0.1) is 19.3 Å². The number of amides is 2. The fourth-order valence-corrected chi connectivity index (χ4v) is 5.09. The predicted molar refractivity (Wildman–Crippen MR) is 130 cm³/mol. The maximum Gasteiger partial charge on any atom is 0.407 e. The highest BCUT2D eigenvalue weighted by molar-refractivity contribution is 5.87. The summed E-state index contributed by atoms with van der Waals surface area (Å²) in [7, 11) is 0. The first-order valence-corrected chi connectivity index (χ1v) is 12.2. The van der Waals surface area contributed by atoms with Gasteiger partial charge in [0, 0.05) is 12.5 Å². The normalized spacial score (nSPS) is 19.5. The number of hydrogen-bond donors (Lipinski definition) is 2. The second-order valence-electron chi connectivity index (χ2n) is 9.01. The molecular weight excluding hydrogens is 448 g/mol.